The van der Waals surface area contributed by atoms with Crippen molar-refractivity contribution in [3.8, 4) is 0 Å². The molecule has 0 aliphatic heterocycles. The van der Waals surface area contributed by atoms with Crippen molar-refractivity contribution in [2.75, 3.05) is 6.54 Å². The number of aryl methyl sites for hydroxylation is 1. The van der Waals surface area contributed by atoms with E-state index in [1.807, 2.05) is 37.3 Å². The average Bonchev–Trinajstić information content (AvgIpc) is 2.83. The number of carbonyl (C=O) groups excluding carboxylic acids is 2. The molecule has 1 aromatic heterocycles. The number of benzene rings is 1. The fourth-order valence-electron chi connectivity index (χ4n) is 1.68. The van der Waals surface area contributed by atoms with Crippen LogP contribution in [-0.2, 0) is 11.3 Å². The van der Waals surface area contributed by atoms with Crippen LogP contribution in [0, 0.1) is 6.92 Å². The zero-order chi connectivity index (χ0) is 15.2. The average molecular weight is 367 g/mol. The highest BCUT2D eigenvalue weighted by atomic mass is 79.9. The van der Waals surface area contributed by atoms with Crippen LogP contribution in [0.2, 0.25) is 0 Å². The molecular formula is C15H15BrN2O2S. The second kappa shape index (κ2) is 7.38. The van der Waals surface area contributed by atoms with Gasteiger partial charge in [-0.15, -0.1) is 11.3 Å². The molecule has 6 heteroatoms. The monoisotopic (exact) mass is 366 g/mol. The summed E-state index contributed by atoms with van der Waals surface area (Å²) in [5.41, 5.74) is 2.04. The molecule has 2 amide bonds. The number of amides is 2. The van der Waals surface area contributed by atoms with Crippen molar-refractivity contribution in [3.63, 3.8) is 0 Å². The van der Waals surface area contributed by atoms with Crippen LogP contribution < -0.4 is 10.6 Å². The standard InChI is InChI=1S/C15H15BrN2O2S/c1-10-7-12(21-14(10)16)15(20)18-9-13(19)17-8-11-5-3-2-4-6-11/h2-7H,8-9H2,1H3,(H,17,19)(H,18,20). The van der Waals surface area contributed by atoms with Crippen molar-refractivity contribution < 1.29 is 9.59 Å². The smallest absolute Gasteiger partial charge is 0.261 e. The predicted molar refractivity (Wildman–Crippen MR) is 87.4 cm³/mol. The number of hydrogen-bond acceptors (Lipinski definition) is 3. The van der Waals surface area contributed by atoms with Crippen molar-refractivity contribution >= 4 is 39.1 Å². The van der Waals surface area contributed by atoms with Crippen LogP contribution in [-0.4, -0.2) is 18.4 Å². The summed E-state index contributed by atoms with van der Waals surface area (Å²) in [6.07, 6.45) is 0. The molecule has 0 aliphatic rings. The van der Waals surface area contributed by atoms with Crippen LogP contribution in [0.3, 0.4) is 0 Å². The number of thiophene rings is 1. The summed E-state index contributed by atoms with van der Waals surface area (Å²) >= 11 is 4.73. The Balaban J connectivity index is 1.77. The first-order valence-electron chi connectivity index (χ1n) is 6.41. The van der Waals surface area contributed by atoms with Crippen LogP contribution in [0.5, 0.6) is 0 Å². The van der Waals surface area contributed by atoms with E-state index in [1.165, 1.54) is 11.3 Å². The van der Waals surface area contributed by atoms with E-state index in [1.54, 1.807) is 6.07 Å². The van der Waals surface area contributed by atoms with Gasteiger partial charge in [0.05, 0.1) is 15.2 Å². The first kappa shape index (κ1) is 15.7. The molecule has 0 aliphatic carbocycles. The van der Waals surface area contributed by atoms with Gasteiger partial charge in [-0.3, -0.25) is 9.59 Å². The zero-order valence-electron chi connectivity index (χ0n) is 11.5. The summed E-state index contributed by atoms with van der Waals surface area (Å²) in [6, 6.07) is 11.4. The number of halogens is 1. The predicted octanol–water partition coefficient (Wildman–Crippen LogP) is 2.87. The molecule has 0 radical (unpaired) electrons. The van der Waals surface area contributed by atoms with E-state index in [9.17, 15) is 9.59 Å². The maximum atomic E-state index is 11.9. The van der Waals surface area contributed by atoms with Gasteiger partial charge in [0, 0.05) is 6.54 Å². The third-order valence-electron chi connectivity index (χ3n) is 2.82. The van der Waals surface area contributed by atoms with Crippen molar-refractivity contribution in [3.05, 3.63) is 56.2 Å². The molecule has 0 spiro atoms. The molecule has 0 fully saturated rings. The lowest BCUT2D eigenvalue weighted by atomic mass is 10.2. The lowest BCUT2D eigenvalue weighted by Gasteiger charge is -2.06. The molecule has 0 saturated heterocycles. The highest BCUT2D eigenvalue weighted by Gasteiger charge is 2.12. The fourth-order valence-corrected chi connectivity index (χ4v) is 3.13. The number of carbonyl (C=O) groups is 2. The minimum absolute atomic E-state index is 0.0275. The molecule has 2 N–H and O–H groups in total. The van der Waals surface area contributed by atoms with Crippen LogP contribution in [0.15, 0.2) is 40.2 Å². The Morgan fingerprint density at radius 1 is 1.19 bits per heavy atom. The summed E-state index contributed by atoms with van der Waals surface area (Å²) in [7, 11) is 0. The number of rotatable bonds is 5. The molecule has 21 heavy (non-hydrogen) atoms. The lowest BCUT2D eigenvalue weighted by Crippen LogP contribution is -2.36. The highest BCUT2D eigenvalue weighted by molar-refractivity contribution is 9.11. The summed E-state index contributed by atoms with van der Waals surface area (Å²) in [5.74, 6) is -0.441. The van der Waals surface area contributed by atoms with Gasteiger partial charge in [0.25, 0.3) is 5.91 Å². The second-order valence-electron chi connectivity index (χ2n) is 4.51. The van der Waals surface area contributed by atoms with Gasteiger partial charge in [-0.1, -0.05) is 30.3 Å². The highest BCUT2D eigenvalue weighted by Crippen LogP contribution is 2.27. The molecule has 4 nitrogen and oxygen atoms in total. The van der Waals surface area contributed by atoms with E-state index in [0.717, 1.165) is 14.9 Å². The topological polar surface area (TPSA) is 58.2 Å². The summed E-state index contributed by atoms with van der Waals surface area (Å²) in [5, 5.41) is 5.38. The Labute approximate surface area is 135 Å². The van der Waals surface area contributed by atoms with Gasteiger partial charge >= 0.3 is 0 Å². The lowest BCUT2D eigenvalue weighted by molar-refractivity contribution is -0.120. The van der Waals surface area contributed by atoms with Gasteiger partial charge in [0.1, 0.15) is 0 Å². The van der Waals surface area contributed by atoms with Crippen LogP contribution >= 0.6 is 27.3 Å². The molecule has 0 unspecified atom stereocenters. The molecule has 0 atom stereocenters. The zero-order valence-corrected chi connectivity index (χ0v) is 13.9. The van der Waals surface area contributed by atoms with Crippen molar-refractivity contribution in [1.82, 2.24) is 10.6 Å². The first-order chi connectivity index (χ1) is 10.1. The summed E-state index contributed by atoms with van der Waals surface area (Å²) < 4.78 is 0.932. The fraction of sp³-hybridized carbons (Fsp3) is 0.200. The van der Waals surface area contributed by atoms with Crippen LogP contribution in [0.1, 0.15) is 20.8 Å². The Morgan fingerprint density at radius 2 is 1.90 bits per heavy atom. The van der Waals surface area contributed by atoms with Gasteiger partial charge in [0.15, 0.2) is 0 Å². The quantitative estimate of drug-likeness (QED) is 0.854. The Hall–Kier alpha value is -1.66. The molecular weight excluding hydrogens is 352 g/mol. The van der Waals surface area contributed by atoms with Crippen molar-refractivity contribution in [2.24, 2.45) is 0 Å². The molecule has 110 valence electrons. The normalized spacial score (nSPS) is 10.2. The maximum absolute atomic E-state index is 11.9. The Kier molecular flexibility index (Phi) is 5.52. The summed E-state index contributed by atoms with van der Waals surface area (Å²) in [4.78, 5) is 24.2. The molecule has 2 rings (SSSR count). The first-order valence-corrected chi connectivity index (χ1v) is 8.02. The second-order valence-corrected chi connectivity index (χ2v) is 6.88. The van der Waals surface area contributed by atoms with Crippen molar-refractivity contribution in [2.45, 2.75) is 13.5 Å². The number of nitrogens with one attached hydrogen (secondary N) is 2. The number of hydrogen-bond donors (Lipinski definition) is 2. The minimum Gasteiger partial charge on any atom is -0.350 e. The van der Waals surface area contributed by atoms with Gasteiger partial charge in [0.2, 0.25) is 5.91 Å². The van der Waals surface area contributed by atoms with E-state index in [-0.39, 0.29) is 18.4 Å². The van der Waals surface area contributed by atoms with E-state index in [0.29, 0.717) is 11.4 Å². The van der Waals surface area contributed by atoms with Crippen LogP contribution in [0.25, 0.3) is 0 Å². The largest absolute Gasteiger partial charge is 0.350 e. The molecule has 0 saturated carbocycles. The van der Waals surface area contributed by atoms with Gasteiger partial charge in [-0.2, -0.15) is 0 Å². The SMILES string of the molecule is Cc1cc(C(=O)NCC(=O)NCc2ccccc2)sc1Br. The van der Waals surface area contributed by atoms with Crippen LogP contribution in [0.4, 0.5) is 0 Å². The summed E-state index contributed by atoms with van der Waals surface area (Å²) in [6.45, 7) is 2.35. The third-order valence-corrected chi connectivity index (χ3v) is 4.96. The molecule has 0 bridgehead atoms. The van der Waals surface area contributed by atoms with Gasteiger partial charge < -0.3 is 10.6 Å². The molecule has 1 heterocycles. The Bertz CT molecular complexity index is 621. The minimum atomic E-state index is -0.233. The van der Waals surface area contributed by atoms with E-state index in [2.05, 4.69) is 26.6 Å². The third kappa shape index (κ3) is 4.68. The van der Waals surface area contributed by atoms with Crippen molar-refractivity contribution in [1.29, 1.82) is 0 Å². The van der Waals surface area contributed by atoms with E-state index >= 15 is 0 Å². The van der Waals surface area contributed by atoms with Gasteiger partial charge in [-0.25, -0.2) is 0 Å². The Morgan fingerprint density at radius 3 is 2.52 bits per heavy atom. The maximum Gasteiger partial charge on any atom is 0.261 e. The van der Waals surface area contributed by atoms with E-state index < -0.39 is 0 Å². The molecule has 2 aromatic rings. The van der Waals surface area contributed by atoms with E-state index in [4.69, 9.17) is 0 Å². The molecule has 1 aromatic carbocycles. The van der Waals surface area contributed by atoms with Gasteiger partial charge in [-0.05, 0) is 40.0 Å².